The quantitative estimate of drug-likeness (QED) is 0.794. The Balaban J connectivity index is 2.10. The van der Waals surface area contributed by atoms with Crippen molar-refractivity contribution in [1.29, 1.82) is 0 Å². The lowest BCUT2D eigenvalue weighted by Gasteiger charge is -2.20. The van der Waals surface area contributed by atoms with Crippen molar-refractivity contribution in [3.63, 3.8) is 0 Å². The lowest BCUT2D eigenvalue weighted by Crippen LogP contribution is -2.21. The summed E-state index contributed by atoms with van der Waals surface area (Å²) in [5.41, 5.74) is 0.817. The topological polar surface area (TPSA) is 20.2 Å². The molecule has 0 amide bonds. The predicted octanol–water partition coefficient (Wildman–Crippen LogP) is 3.96. The Kier molecular flexibility index (Phi) is 4.41. The molecule has 1 aliphatic rings. The zero-order valence-electron chi connectivity index (χ0n) is 9.83. The van der Waals surface area contributed by atoms with Crippen LogP contribution in [-0.2, 0) is 6.42 Å². The van der Waals surface area contributed by atoms with E-state index in [4.69, 9.17) is 11.6 Å². The van der Waals surface area contributed by atoms with Crippen molar-refractivity contribution in [2.45, 2.75) is 44.6 Å². The van der Waals surface area contributed by atoms with Crippen molar-refractivity contribution in [3.05, 3.63) is 34.6 Å². The number of aliphatic hydroxyl groups excluding tert-OH is 1. The average Bonchev–Trinajstić information content (AvgIpc) is 2.50. The van der Waals surface area contributed by atoms with E-state index in [9.17, 15) is 9.50 Å². The molecule has 0 aromatic heterocycles. The van der Waals surface area contributed by atoms with Crippen LogP contribution in [0, 0.1) is 11.7 Å². The summed E-state index contributed by atoms with van der Waals surface area (Å²) in [6, 6.07) is 4.45. The van der Waals surface area contributed by atoms with Crippen molar-refractivity contribution in [1.82, 2.24) is 0 Å². The van der Waals surface area contributed by atoms with E-state index in [1.165, 1.54) is 18.6 Å². The van der Waals surface area contributed by atoms with Gasteiger partial charge in [0.2, 0.25) is 0 Å². The molecule has 1 N–H and O–H groups in total. The van der Waals surface area contributed by atoms with Crippen LogP contribution in [0.4, 0.5) is 4.39 Å². The molecule has 3 heteroatoms. The molecule has 0 spiro atoms. The third kappa shape index (κ3) is 3.43. The van der Waals surface area contributed by atoms with Gasteiger partial charge in [-0.15, -0.1) is 0 Å². The first-order chi connectivity index (χ1) is 8.16. The van der Waals surface area contributed by atoms with Crippen molar-refractivity contribution in [2.75, 3.05) is 0 Å². The predicted molar refractivity (Wildman–Crippen MR) is 67.7 cm³/mol. The van der Waals surface area contributed by atoms with Gasteiger partial charge in [0.1, 0.15) is 5.82 Å². The SMILES string of the molecule is OC1CCCCCC1Cc1cc(F)ccc1Cl. The van der Waals surface area contributed by atoms with E-state index >= 15 is 0 Å². The smallest absolute Gasteiger partial charge is 0.123 e. The summed E-state index contributed by atoms with van der Waals surface area (Å²) in [4.78, 5) is 0. The van der Waals surface area contributed by atoms with Gasteiger partial charge < -0.3 is 5.11 Å². The van der Waals surface area contributed by atoms with Crippen LogP contribution in [0.15, 0.2) is 18.2 Å². The fourth-order valence-corrected chi connectivity index (χ4v) is 2.78. The molecule has 1 aromatic carbocycles. The van der Waals surface area contributed by atoms with Crippen LogP contribution >= 0.6 is 11.6 Å². The molecule has 2 rings (SSSR count). The maximum Gasteiger partial charge on any atom is 0.123 e. The molecule has 1 aliphatic carbocycles. The van der Waals surface area contributed by atoms with Crippen molar-refractivity contribution >= 4 is 11.6 Å². The summed E-state index contributed by atoms with van der Waals surface area (Å²) in [5.74, 6) is -0.0377. The summed E-state index contributed by atoms with van der Waals surface area (Å²) in [7, 11) is 0. The molecular weight excluding hydrogens is 239 g/mol. The van der Waals surface area contributed by atoms with Crippen molar-refractivity contribution < 1.29 is 9.50 Å². The second-order valence-corrected chi connectivity index (χ2v) is 5.31. The standard InChI is InChI=1S/C14H18ClFO/c15-13-7-6-12(16)9-11(13)8-10-4-2-1-3-5-14(10)17/h6-7,9-10,14,17H,1-5,8H2. The van der Waals surface area contributed by atoms with Crippen LogP contribution in [0.25, 0.3) is 0 Å². The highest BCUT2D eigenvalue weighted by molar-refractivity contribution is 6.31. The molecule has 2 unspecified atom stereocenters. The summed E-state index contributed by atoms with van der Waals surface area (Å²) >= 11 is 6.06. The van der Waals surface area contributed by atoms with E-state index in [0.29, 0.717) is 11.4 Å². The monoisotopic (exact) mass is 256 g/mol. The molecule has 17 heavy (non-hydrogen) atoms. The van der Waals surface area contributed by atoms with Gasteiger partial charge in [0.15, 0.2) is 0 Å². The van der Waals surface area contributed by atoms with Gasteiger partial charge in [-0.25, -0.2) is 4.39 Å². The third-order valence-corrected chi connectivity index (χ3v) is 3.98. The first kappa shape index (κ1) is 12.8. The molecule has 0 bridgehead atoms. The highest BCUT2D eigenvalue weighted by atomic mass is 35.5. The number of aliphatic hydroxyl groups is 1. The van der Waals surface area contributed by atoms with Gasteiger partial charge in [-0.1, -0.05) is 30.9 Å². The van der Waals surface area contributed by atoms with E-state index in [0.717, 1.165) is 31.2 Å². The lowest BCUT2D eigenvalue weighted by atomic mass is 9.90. The minimum atomic E-state index is -0.267. The minimum Gasteiger partial charge on any atom is -0.393 e. The summed E-state index contributed by atoms with van der Waals surface area (Å²) < 4.78 is 13.2. The normalized spacial score (nSPS) is 25.6. The Morgan fingerprint density at radius 3 is 2.82 bits per heavy atom. The molecule has 0 saturated heterocycles. The first-order valence-corrected chi connectivity index (χ1v) is 6.66. The Morgan fingerprint density at radius 1 is 1.24 bits per heavy atom. The van der Waals surface area contributed by atoms with Crippen LogP contribution in [-0.4, -0.2) is 11.2 Å². The lowest BCUT2D eigenvalue weighted by molar-refractivity contribution is 0.101. The van der Waals surface area contributed by atoms with Crippen LogP contribution in [0.2, 0.25) is 5.02 Å². The maximum atomic E-state index is 13.2. The van der Waals surface area contributed by atoms with Crippen LogP contribution in [0.3, 0.4) is 0 Å². The molecule has 1 fully saturated rings. The zero-order valence-corrected chi connectivity index (χ0v) is 10.6. The molecular formula is C14H18ClFO. The second kappa shape index (κ2) is 5.83. The summed E-state index contributed by atoms with van der Waals surface area (Å²) in [6.07, 6.45) is 5.70. The van der Waals surface area contributed by atoms with Gasteiger partial charge >= 0.3 is 0 Å². The van der Waals surface area contributed by atoms with Gasteiger partial charge in [-0.05, 0) is 48.9 Å². The molecule has 1 saturated carbocycles. The number of hydrogen-bond acceptors (Lipinski definition) is 1. The van der Waals surface area contributed by atoms with Gasteiger partial charge in [-0.3, -0.25) is 0 Å². The molecule has 1 aromatic rings. The van der Waals surface area contributed by atoms with Gasteiger partial charge in [0.05, 0.1) is 6.10 Å². The first-order valence-electron chi connectivity index (χ1n) is 6.29. The molecule has 1 nitrogen and oxygen atoms in total. The van der Waals surface area contributed by atoms with E-state index < -0.39 is 0 Å². The Bertz CT molecular complexity index is 380. The molecule has 2 atom stereocenters. The number of hydrogen-bond donors (Lipinski definition) is 1. The Labute approximate surface area is 107 Å². The molecule has 0 aliphatic heterocycles. The van der Waals surface area contributed by atoms with Crippen LogP contribution in [0.5, 0.6) is 0 Å². The molecule has 0 radical (unpaired) electrons. The van der Waals surface area contributed by atoms with Crippen molar-refractivity contribution in [2.24, 2.45) is 5.92 Å². The van der Waals surface area contributed by atoms with E-state index in [2.05, 4.69) is 0 Å². The Hall–Kier alpha value is -0.600. The zero-order chi connectivity index (χ0) is 12.3. The summed E-state index contributed by atoms with van der Waals surface area (Å²) in [6.45, 7) is 0. The number of halogens is 2. The highest BCUT2D eigenvalue weighted by Crippen LogP contribution is 2.29. The number of benzene rings is 1. The van der Waals surface area contributed by atoms with E-state index in [1.54, 1.807) is 6.07 Å². The fraction of sp³-hybridized carbons (Fsp3) is 0.571. The van der Waals surface area contributed by atoms with Crippen LogP contribution in [0.1, 0.15) is 37.7 Å². The van der Waals surface area contributed by atoms with E-state index in [-0.39, 0.29) is 17.8 Å². The third-order valence-electron chi connectivity index (χ3n) is 3.61. The van der Waals surface area contributed by atoms with E-state index in [1.807, 2.05) is 0 Å². The van der Waals surface area contributed by atoms with Gasteiger partial charge in [0.25, 0.3) is 0 Å². The largest absolute Gasteiger partial charge is 0.393 e. The van der Waals surface area contributed by atoms with Crippen molar-refractivity contribution in [3.8, 4) is 0 Å². The highest BCUT2D eigenvalue weighted by Gasteiger charge is 2.22. The molecule has 0 heterocycles. The van der Waals surface area contributed by atoms with Gasteiger partial charge in [0, 0.05) is 5.02 Å². The minimum absolute atomic E-state index is 0.219. The second-order valence-electron chi connectivity index (χ2n) is 4.91. The molecule has 94 valence electrons. The Morgan fingerprint density at radius 2 is 2.00 bits per heavy atom. The van der Waals surface area contributed by atoms with Gasteiger partial charge in [-0.2, -0.15) is 0 Å². The number of rotatable bonds is 2. The average molecular weight is 257 g/mol. The van der Waals surface area contributed by atoms with Crippen LogP contribution < -0.4 is 0 Å². The maximum absolute atomic E-state index is 13.2. The fourth-order valence-electron chi connectivity index (χ4n) is 2.59. The summed E-state index contributed by atoms with van der Waals surface area (Å²) in [5, 5.41) is 10.6.